The van der Waals surface area contributed by atoms with Gasteiger partial charge in [-0.15, -0.1) is 0 Å². The lowest BCUT2D eigenvalue weighted by Gasteiger charge is -2.17. The highest BCUT2D eigenvalue weighted by atomic mass is 32.2. The summed E-state index contributed by atoms with van der Waals surface area (Å²) in [5.74, 6) is 0. The molecule has 2 rings (SSSR count). The number of hydrogen-bond donors (Lipinski definition) is 3. The van der Waals surface area contributed by atoms with E-state index in [9.17, 15) is 13.2 Å². The van der Waals surface area contributed by atoms with Crippen molar-refractivity contribution in [3.63, 3.8) is 0 Å². The van der Waals surface area contributed by atoms with Crippen LogP contribution in [0.25, 0.3) is 0 Å². The van der Waals surface area contributed by atoms with Crippen molar-refractivity contribution in [1.29, 1.82) is 0 Å². The van der Waals surface area contributed by atoms with Crippen LogP contribution in [0.2, 0.25) is 0 Å². The van der Waals surface area contributed by atoms with Crippen LogP contribution >= 0.6 is 0 Å². The van der Waals surface area contributed by atoms with Crippen LogP contribution in [0, 0.1) is 0 Å². The second-order valence-corrected chi connectivity index (χ2v) is 7.03. The van der Waals surface area contributed by atoms with Crippen molar-refractivity contribution in [2.45, 2.75) is 30.7 Å². The van der Waals surface area contributed by atoms with Crippen molar-refractivity contribution in [3.05, 3.63) is 60.2 Å². The Bertz CT molecular complexity index is 792. The number of urea groups is 1. The van der Waals surface area contributed by atoms with Crippen LogP contribution in [0.3, 0.4) is 0 Å². The Kier molecular flexibility index (Phi) is 5.94. The topological polar surface area (TPSA) is 101 Å². The van der Waals surface area contributed by atoms with E-state index in [-0.39, 0.29) is 17.0 Å². The van der Waals surface area contributed by atoms with Crippen molar-refractivity contribution in [3.8, 4) is 0 Å². The number of carbonyl (C=O) groups excluding carboxylic acids is 1. The van der Waals surface area contributed by atoms with E-state index < -0.39 is 10.0 Å². The van der Waals surface area contributed by atoms with Crippen LogP contribution in [0.15, 0.2) is 59.5 Å². The highest BCUT2D eigenvalue weighted by molar-refractivity contribution is 7.89. The average molecular weight is 347 g/mol. The summed E-state index contributed by atoms with van der Waals surface area (Å²) in [5, 5.41) is 10.6. The SMILES string of the molecule is CCC(Cc1ccccc1)NC(=O)Nc1cccc(S(N)(=O)=O)c1. The maximum Gasteiger partial charge on any atom is 0.319 e. The quantitative estimate of drug-likeness (QED) is 0.748. The number of nitrogens with one attached hydrogen (secondary N) is 2. The van der Waals surface area contributed by atoms with Gasteiger partial charge in [-0.05, 0) is 36.6 Å². The van der Waals surface area contributed by atoms with Gasteiger partial charge in [-0.3, -0.25) is 0 Å². The molecule has 4 N–H and O–H groups in total. The number of hydrogen-bond acceptors (Lipinski definition) is 3. The molecule has 1 atom stereocenters. The van der Waals surface area contributed by atoms with Gasteiger partial charge in [-0.25, -0.2) is 18.4 Å². The lowest BCUT2D eigenvalue weighted by molar-refractivity contribution is 0.248. The Morgan fingerprint density at radius 2 is 1.83 bits per heavy atom. The molecule has 2 aromatic rings. The fourth-order valence-corrected chi connectivity index (χ4v) is 2.86. The molecule has 128 valence electrons. The average Bonchev–Trinajstić information content (AvgIpc) is 2.54. The Balaban J connectivity index is 1.99. The van der Waals surface area contributed by atoms with E-state index >= 15 is 0 Å². The van der Waals surface area contributed by atoms with Gasteiger partial charge in [0.15, 0.2) is 0 Å². The van der Waals surface area contributed by atoms with E-state index in [0.29, 0.717) is 5.69 Å². The summed E-state index contributed by atoms with van der Waals surface area (Å²) in [5.41, 5.74) is 1.51. The van der Waals surface area contributed by atoms with Crippen LogP contribution in [-0.2, 0) is 16.4 Å². The first-order valence-corrected chi connectivity index (χ1v) is 9.17. The van der Waals surface area contributed by atoms with Gasteiger partial charge in [0.2, 0.25) is 10.0 Å². The Hall–Kier alpha value is -2.38. The monoisotopic (exact) mass is 347 g/mol. The number of rotatable bonds is 6. The molecule has 2 amide bonds. The molecular weight excluding hydrogens is 326 g/mol. The summed E-state index contributed by atoms with van der Waals surface area (Å²) in [6.45, 7) is 2.00. The summed E-state index contributed by atoms with van der Waals surface area (Å²) in [6, 6.07) is 15.3. The first-order chi connectivity index (χ1) is 11.4. The minimum atomic E-state index is -3.80. The Labute approximate surface area is 142 Å². The molecule has 0 spiro atoms. The lowest BCUT2D eigenvalue weighted by atomic mass is 10.0. The van der Waals surface area contributed by atoms with E-state index in [0.717, 1.165) is 18.4 Å². The zero-order valence-electron chi connectivity index (χ0n) is 13.4. The zero-order chi connectivity index (χ0) is 17.6. The van der Waals surface area contributed by atoms with E-state index in [1.807, 2.05) is 37.3 Å². The predicted octanol–water partition coefficient (Wildman–Crippen LogP) is 2.48. The number of carbonyl (C=O) groups is 1. The summed E-state index contributed by atoms with van der Waals surface area (Å²) < 4.78 is 22.7. The maximum absolute atomic E-state index is 12.1. The van der Waals surface area contributed by atoms with E-state index in [2.05, 4.69) is 10.6 Å². The fourth-order valence-electron chi connectivity index (χ4n) is 2.30. The van der Waals surface area contributed by atoms with Gasteiger partial charge >= 0.3 is 6.03 Å². The van der Waals surface area contributed by atoms with Gasteiger partial charge in [-0.1, -0.05) is 43.3 Å². The molecule has 2 aromatic carbocycles. The van der Waals surface area contributed by atoms with Gasteiger partial charge in [0.25, 0.3) is 0 Å². The molecular formula is C17H21N3O3S. The molecule has 0 aromatic heterocycles. The molecule has 0 aliphatic heterocycles. The van der Waals surface area contributed by atoms with E-state index in [4.69, 9.17) is 5.14 Å². The smallest absolute Gasteiger partial charge is 0.319 e. The van der Waals surface area contributed by atoms with Crippen LogP contribution in [0.1, 0.15) is 18.9 Å². The van der Waals surface area contributed by atoms with Crippen molar-refractivity contribution in [2.75, 3.05) is 5.32 Å². The highest BCUT2D eigenvalue weighted by Crippen LogP contribution is 2.14. The van der Waals surface area contributed by atoms with Crippen LogP contribution in [-0.4, -0.2) is 20.5 Å². The zero-order valence-corrected chi connectivity index (χ0v) is 14.2. The van der Waals surface area contributed by atoms with Gasteiger partial charge in [0.1, 0.15) is 0 Å². The van der Waals surface area contributed by atoms with Gasteiger partial charge in [0.05, 0.1) is 4.90 Å². The van der Waals surface area contributed by atoms with Crippen molar-refractivity contribution >= 4 is 21.7 Å². The summed E-state index contributed by atoms with van der Waals surface area (Å²) in [6.07, 6.45) is 1.50. The van der Waals surface area contributed by atoms with Gasteiger partial charge in [-0.2, -0.15) is 0 Å². The standard InChI is InChI=1S/C17H21N3O3S/c1-2-14(11-13-7-4-3-5-8-13)19-17(21)20-15-9-6-10-16(12-15)24(18,22)23/h3-10,12,14H,2,11H2,1H3,(H2,18,22,23)(H2,19,20,21). The van der Waals surface area contributed by atoms with Crippen LogP contribution in [0.4, 0.5) is 10.5 Å². The third-order valence-electron chi connectivity index (χ3n) is 3.57. The lowest BCUT2D eigenvalue weighted by Crippen LogP contribution is -2.38. The summed E-state index contributed by atoms with van der Waals surface area (Å²) >= 11 is 0. The molecule has 24 heavy (non-hydrogen) atoms. The number of primary sulfonamides is 1. The third kappa shape index (κ3) is 5.36. The van der Waals surface area contributed by atoms with Crippen LogP contribution < -0.4 is 15.8 Å². The second kappa shape index (κ2) is 7.94. The molecule has 0 saturated carbocycles. The minimum Gasteiger partial charge on any atom is -0.335 e. The number of benzene rings is 2. The molecule has 0 heterocycles. The molecule has 0 aliphatic rings. The number of amides is 2. The number of sulfonamides is 1. The third-order valence-corrected chi connectivity index (χ3v) is 4.48. The van der Waals surface area contributed by atoms with Crippen molar-refractivity contribution < 1.29 is 13.2 Å². The second-order valence-electron chi connectivity index (χ2n) is 5.47. The van der Waals surface area contributed by atoms with Gasteiger partial charge < -0.3 is 10.6 Å². The molecule has 0 fully saturated rings. The Morgan fingerprint density at radius 3 is 2.46 bits per heavy atom. The summed E-state index contributed by atoms with van der Waals surface area (Å²) in [7, 11) is -3.80. The fraction of sp³-hybridized carbons (Fsp3) is 0.235. The van der Waals surface area contributed by atoms with Crippen molar-refractivity contribution in [1.82, 2.24) is 5.32 Å². The molecule has 1 unspecified atom stereocenters. The van der Waals surface area contributed by atoms with E-state index in [1.165, 1.54) is 18.2 Å². The van der Waals surface area contributed by atoms with Crippen LogP contribution in [0.5, 0.6) is 0 Å². The first-order valence-electron chi connectivity index (χ1n) is 7.63. The van der Waals surface area contributed by atoms with Gasteiger partial charge in [0, 0.05) is 11.7 Å². The van der Waals surface area contributed by atoms with Crippen molar-refractivity contribution in [2.24, 2.45) is 5.14 Å². The first kappa shape index (κ1) is 18.0. The molecule has 0 bridgehead atoms. The molecule has 6 nitrogen and oxygen atoms in total. The highest BCUT2D eigenvalue weighted by Gasteiger charge is 2.13. The molecule has 0 aliphatic carbocycles. The largest absolute Gasteiger partial charge is 0.335 e. The number of anilines is 1. The molecule has 7 heteroatoms. The molecule has 0 saturated heterocycles. The normalized spacial score (nSPS) is 12.4. The summed E-state index contributed by atoms with van der Waals surface area (Å²) in [4.78, 5) is 12.1. The Morgan fingerprint density at radius 1 is 1.12 bits per heavy atom. The maximum atomic E-state index is 12.1. The molecule has 0 radical (unpaired) electrons. The van der Waals surface area contributed by atoms with E-state index in [1.54, 1.807) is 6.07 Å². The number of nitrogens with two attached hydrogens (primary N) is 1. The predicted molar refractivity (Wildman–Crippen MR) is 94.2 cm³/mol. The minimum absolute atomic E-state index is 0.0196.